The van der Waals surface area contributed by atoms with Crippen LogP contribution in [-0.4, -0.2) is 22.6 Å². The second-order valence-electron chi connectivity index (χ2n) is 5.43. The van der Waals surface area contributed by atoms with Crippen LogP contribution in [0.5, 0.6) is 0 Å². The number of hydrogen-bond acceptors (Lipinski definition) is 2. The highest BCUT2D eigenvalue weighted by Gasteiger charge is 2.28. The Morgan fingerprint density at radius 1 is 1.53 bits per heavy atom. The van der Waals surface area contributed by atoms with Crippen LogP contribution in [0.15, 0.2) is 16.7 Å². The smallest absolute Gasteiger partial charge is 0.268 e. The van der Waals surface area contributed by atoms with Gasteiger partial charge in [0.1, 0.15) is 5.69 Å². The van der Waals surface area contributed by atoms with Crippen LogP contribution in [0.3, 0.4) is 0 Å². The first kappa shape index (κ1) is 14.6. The van der Waals surface area contributed by atoms with E-state index in [0.29, 0.717) is 12.6 Å². The van der Waals surface area contributed by atoms with Gasteiger partial charge in [-0.25, -0.2) is 0 Å². The zero-order valence-corrected chi connectivity index (χ0v) is 13.2. The van der Waals surface area contributed by atoms with Gasteiger partial charge in [0.15, 0.2) is 0 Å². The summed E-state index contributed by atoms with van der Waals surface area (Å²) in [6.07, 6.45) is 6.02. The average molecular weight is 328 g/mol. The minimum atomic E-state index is -0.302. The van der Waals surface area contributed by atoms with E-state index in [0.717, 1.165) is 35.8 Å². The summed E-state index contributed by atoms with van der Waals surface area (Å²) in [6, 6.07) is 2.37. The third-order valence-corrected chi connectivity index (χ3v) is 4.43. The highest BCUT2D eigenvalue weighted by atomic mass is 79.9. The lowest BCUT2D eigenvalue weighted by Gasteiger charge is -2.26. The Morgan fingerprint density at radius 3 is 2.68 bits per heavy atom. The summed E-state index contributed by atoms with van der Waals surface area (Å²) in [5.41, 5.74) is 6.63. The minimum Gasteiger partial charge on any atom is -0.349 e. The third kappa shape index (κ3) is 3.39. The minimum absolute atomic E-state index is 0.0330. The Kier molecular flexibility index (Phi) is 4.36. The zero-order chi connectivity index (χ0) is 14.0. The maximum Gasteiger partial charge on any atom is 0.268 e. The molecule has 5 heteroatoms. The van der Waals surface area contributed by atoms with Crippen molar-refractivity contribution in [2.45, 2.75) is 51.1 Å². The second kappa shape index (κ2) is 5.67. The fraction of sp³-hybridized carbons (Fsp3) is 0.643. The van der Waals surface area contributed by atoms with Crippen LogP contribution in [0.1, 0.15) is 56.1 Å². The number of nitrogens with one attached hydrogen (secondary N) is 1. The second-order valence-corrected chi connectivity index (χ2v) is 6.35. The molecule has 1 amide bonds. The normalized spacial score (nSPS) is 15.6. The summed E-state index contributed by atoms with van der Waals surface area (Å²) in [5, 5.41) is 2.97. The van der Waals surface area contributed by atoms with E-state index in [2.05, 4.69) is 39.7 Å². The lowest BCUT2D eigenvalue weighted by atomic mass is 9.94. The van der Waals surface area contributed by atoms with Gasteiger partial charge in [-0.15, -0.1) is 0 Å². The fourth-order valence-corrected chi connectivity index (χ4v) is 2.57. The van der Waals surface area contributed by atoms with Crippen molar-refractivity contribution in [1.82, 2.24) is 9.88 Å². The molecule has 0 atom stereocenters. The first-order chi connectivity index (χ1) is 8.99. The number of aromatic nitrogens is 1. The van der Waals surface area contributed by atoms with Crippen molar-refractivity contribution in [2.24, 2.45) is 5.73 Å². The van der Waals surface area contributed by atoms with Crippen LogP contribution in [0.25, 0.3) is 0 Å². The Hall–Kier alpha value is -0.810. The highest BCUT2D eigenvalue weighted by molar-refractivity contribution is 9.10. The van der Waals surface area contributed by atoms with Crippen LogP contribution in [-0.2, 0) is 0 Å². The van der Waals surface area contributed by atoms with Crippen LogP contribution in [0.2, 0.25) is 0 Å². The fourth-order valence-electron chi connectivity index (χ4n) is 2.13. The molecule has 19 heavy (non-hydrogen) atoms. The van der Waals surface area contributed by atoms with Gasteiger partial charge in [0.2, 0.25) is 0 Å². The van der Waals surface area contributed by atoms with E-state index in [-0.39, 0.29) is 11.4 Å². The molecule has 1 aromatic heterocycles. The monoisotopic (exact) mass is 327 g/mol. The molecule has 0 radical (unpaired) electrons. The lowest BCUT2D eigenvalue weighted by Crippen LogP contribution is -2.49. The van der Waals surface area contributed by atoms with Gasteiger partial charge in [-0.2, -0.15) is 0 Å². The van der Waals surface area contributed by atoms with Crippen LogP contribution in [0, 0.1) is 0 Å². The largest absolute Gasteiger partial charge is 0.349 e. The van der Waals surface area contributed by atoms with E-state index in [9.17, 15) is 4.79 Å². The molecule has 2 rings (SSSR count). The van der Waals surface area contributed by atoms with E-state index in [1.54, 1.807) is 0 Å². The molecule has 1 heterocycles. The third-order valence-electron chi connectivity index (χ3n) is 4.00. The number of hydrogen-bond donors (Lipinski definition) is 2. The summed E-state index contributed by atoms with van der Waals surface area (Å²) in [6.45, 7) is 4.63. The molecule has 1 aliphatic rings. The molecule has 0 unspecified atom stereocenters. The van der Waals surface area contributed by atoms with Gasteiger partial charge >= 0.3 is 0 Å². The number of carbonyl (C=O) groups excluding carboxylic acids is 1. The average Bonchev–Trinajstić information content (AvgIpc) is 3.18. The number of nitrogens with two attached hydrogens (primary N) is 1. The van der Waals surface area contributed by atoms with E-state index >= 15 is 0 Å². The Bertz CT molecular complexity index is 461. The molecule has 1 aromatic rings. The number of rotatable bonds is 6. The SMILES string of the molecule is CCC(N)(CC)CNC(=O)c1cc(Br)cn1C1CC1. The van der Waals surface area contributed by atoms with E-state index in [4.69, 9.17) is 5.73 Å². The van der Waals surface area contributed by atoms with E-state index in [1.165, 1.54) is 0 Å². The number of amides is 1. The molecule has 1 aliphatic carbocycles. The van der Waals surface area contributed by atoms with Crippen molar-refractivity contribution in [3.8, 4) is 0 Å². The van der Waals surface area contributed by atoms with Gasteiger partial charge in [-0.05, 0) is 47.7 Å². The van der Waals surface area contributed by atoms with E-state index in [1.807, 2.05) is 12.3 Å². The molecule has 3 N–H and O–H groups in total. The van der Waals surface area contributed by atoms with Crippen molar-refractivity contribution >= 4 is 21.8 Å². The van der Waals surface area contributed by atoms with Crippen LogP contribution in [0.4, 0.5) is 0 Å². The maximum atomic E-state index is 12.3. The van der Waals surface area contributed by atoms with Crippen molar-refractivity contribution in [2.75, 3.05) is 6.54 Å². The molecule has 0 aliphatic heterocycles. The van der Waals surface area contributed by atoms with Crippen molar-refractivity contribution in [3.05, 3.63) is 22.4 Å². The molecule has 0 saturated heterocycles. The van der Waals surface area contributed by atoms with Gasteiger partial charge in [-0.3, -0.25) is 4.79 Å². The maximum absolute atomic E-state index is 12.3. The van der Waals surface area contributed by atoms with Crippen molar-refractivity contribution in [1.29, 1.82) is 0 Å². The summed E-state index contributed by atoms with van der Waals surface area (Å²) < 4.78 is 3.02. The van der Waals surface area contributed by atoms with Crippen molar-refractivity contribution < 1.29 is 4.79 Å². The van der Waals surface area contributed by atoms with Gasteiger partial charge < -0.3 is 15.6 Å². The lowest BCUT2D eigenvalue weighted by molar-refractivity contribution is 0.0932. The molecular formula is C14H22BrN3O. The highest BCUT2D eigenvalue weighted by Crippen LogP contribution is 2.37. The molecule has 1 fully saturated rings. The predicted octanol–water partition coefficient (Wildman–Crippen LogP) is 2.83. The standard InChI is InChI=1S/C14H22BrN3O/c1-3-14(16,4-2)9-17-13(19)12-7-10(15)8-18(12)11-5-6-11/h7-8,11H,3-6,9,16H2,1-2H3,(H,17,19). The Balaban J connectivity index is 2.04. The van der Waals surface area contributed by atoms with E-state index < -0.39 is 0 Å². The first-order valence-corrected chi connectivity index (χ1v) is 7.73. The molecule has 0 aromatic carbocycles. The molecule has 0 spiro atoms. The predicted molar refractivity (Wildman–Crippen MR) is 80.2 cm³/mol. The number of nitrogens with zero attached hydrogens (tertiary/aromatic N) is 1. The first-order valence-electron chi connectivity index (χ1n) is 6.93. The Labute approximate surface area is 122 Å². The molecule has 0 bridgehead atoms. The Morgan fingerprint density at radius 2 is 2.16 bits per heavy atom. The summed E-state index contributed by atoms with van der Waals surface area (Å²) in [7, 11) is 0. The summed E-state index contributed by atoms with van der Waals surface area (Å²) in [4.78, 5) is 12.3. The molecule has 4 nitrogen and oxygen atoms in total. The summed E-state index contributed by atoms with van der Waals surface area (Å²) >= 11 is 3.44. The number of halogens is 1. The summed E-state index contributed by atoms with van der Waals surface area (Å²) in [5.74, 6) is -0.0330. The molecule has 106 valence electrons. The van der Waals surface area contributed by atoms with Crippen LogP contribution < -0.4 is 11.1 Å². The van der Waals surface area contributed by atoms with Gasteiger partial charge in [-0.1, -0.05) is 13.8 Å². The topological polar surface area (TPSA) is 60.0 Å². The van der Waals surface area contributed by atoms with Crippen molar-refractivity contribution in [3.63, 3.8) is 0 Å². The van der Waals surface area contributed by atoms with Crippen LogP contribution >= 0.6 is 15.9 Å². The molecule has 1 saturated carbocycles. The number of carbonyl (C=O) groups is 1. The quantitative estimate of drug-likeness (QED) is 0.844. The van der Waals surface area contributed by atoms with Gasteiger partial charge in [0, 0.05) is 28.8 Å². The van der Waals surface area contributed by atoms with Gasteiger partial charge in [0.25, 0.3) is 5.91 Å². The zero-order valence-electron chi connectivity index (χ0n) is 11.6. The van der Waals surface area contributed by atoms with Gasteiger partial charge in [0.05, 0.1) is 0 Å². The molecular weight excluding hydrogens is 306 g/mol.